The summed E-state index contributed by atoms with van der Waals surface area (Å²) in [4.78, 5) is 0. The highest BCUT2D eigenvalue weighted by Crippen LogP contribution is 2.43. The van der Waals surface area contributed by atoms with Gasteiger partial charge in [0.2, 0.25) is 0 Å². The second-order valence-electron chi connectivity index (χ2n) is 5.15. The van der Waals surface area contributed by atoms with Gasteiger partial charge in [0.1, 0.15) is 0 Å². The number of fused-ring (bicyclic) bond motifs is 1. The Bertz CT molecular complexity index is 208. The maximum absolute atomic E-state index is 2.29. The molecule has 0 heterocycles. The van der Waals surface area contributed by atoms with Crippen molar-refractivity contribution in [2.45, 2.75) is 58.8 Å². The van der Waals surface area contributed by atoms with Crippen LogP contribution in [0.3, 0.4) is 0 Å². The summed E-state index contributed by atoms with van der Waals surface area (Å²) in [6.07, 6.45) is 10.4. The van der Waals surface area contributed by atoms with Crippen LogP contribution in [0.4, 0.5) is 0 Å². The Morgan fingerprint density at radius 1 is 1.00 bits per heavy atom. The molecular weight excluding hydrogens is 156 g/mol. The van der Waals surface area contributed by atoms with Crippen molar-refractivity contribution in [3.05, 3.63) is 11.1 Å². The van der Waals surface area contributed by atoms with Crippen molar-refractivity contribution in [1.29, 1.82) is 0 Å². The summed E-state index contributed by atoms with van der Waals surface area (Å²) in [5.74, 6) is 2.16. The van der Waals surface area contributed by atoms with Crippen LogP contribution in [0, 0.1) is 11.8 Å². The Morgan fingerprint density at radius 3 is 2.38 bits per heavy atom. The van der Waals surface area contributed by atoms with E-state index >= 15 is 0 Å². The topological polar surface area (TPSA) is 0 Å². The van der Waals surface area contributed by atoms with Crippen molar-refractivity contribution in [3.63, 3.8) is 0 Å². The van der Waals surface area contributed by atoms with Crippen LogP contribution in [0.2, 0.25) is 0 Å². The van der Waals surface area contributed by atoms with Gasteiger partial charge in [0, 0.05) is 0 Å². The first-order chi connectivity index (χ1) is 6.27. The normalized spacial score (nSPS) is 34.2. The number of rotatable bonds is 0. The minimum absolute atomic E-state index is 1.06. The average molecular weight is 178 g/mol. The van der Waals surface area contributed by atoms with Gasteiger partial charge in [-0.2, -0.15) is 0 Å². The highest BCUT2D eigenvalue weighted by molar-refractivity contribution is 5.13. The molecule has 2 saturated carbocycles. The fourth-order valence-electron chi connectivity index (χ4n) is 3.17. The fourth-order valence-corrected chi connectivity index (χ4v) is 3.17. The molecule has 0 spiro atoms. The predicted molar refractivity (Wildman–Crippen MR) is 57.7 cm³/mol. The molecule has 2 rings (SSSR count). The first kappa shape index (κ1) is 9.30. The van der Waals surface area contributed by atoms with Crippen LogP contribution in [0.5, 0.6) is 0 Å². The van der Waals surface area contributed by atoms with Crippen molar-refractivity contribution in [3.8, 4) is 0 Å². The molecule has 2 aliphatic rings. The molecular formula is C13H22. The van der Waals surface area contributed by atoms with E-state index in [1.54, 1.807) is 11.1 Å². The SMILES string of the molecule is CC(C)=C1CCC2CCCCC2C1. The molecule has 0 aromatic rings. The third-order valence-electron chi connectivity index (χ3n) is 4.10. The van der Waals surface area contributed by atoms with Crippen LogP contribution in [-0.2, 0) is 0 Å². The summed E-state index contributed by atoms with van der Waals surface area (Å²) >= 11 is 0. The standard InChI is InChI=1S/C13H22/c1-10(2)12-8-7-11-5-3-4-6-13(11)9-12/h11,13H,3-9H2,1-2H3. The zero-order chi connectivity index (χ0) is 9.26. The summed E-state index contributed by atoms with van der Waals surface area (Å²) in [6.45, 7) is 4.58. The van der Waals surface area contributed by atoms with E-state index in [-0.39, 0.29) is 0 Å². The Labute approximate surface area is 82.4 Å². The van der Waals surface area contributed by atoms with Gasteiger partial charge in [0.15, 0.2) is 0 Å². The molecule has 74 valence electrons. The van der Waals surface area contributed by atoms with E-state index in [9.17, 15) is 0 Å². The molecule has 0 aliphatic heterocycles. The second kappa shape index (κ2) is 3.86. The van der Waals surface area contributed by atoms with Gasteiger partial charge in [-0.3, -0.25) is 0 Å². The molecule has 2 atom stereocenters. The van der Waals surface area contributed by atoms with E-state index in [4.69, 9.17) is 0 Å². The van der Waals surface area contributed by atoms with E-state index < -0.39 is 0 Å². The Balaban J connectivity index is 2.03. The smallest absolute Gasteiger partial charge is 0.0287 e. The van der Waals surface area contributed by atoms with E-state index in [1.807, 2.05) is 0 Å². The number of hydrogen-bond donors (Lipinski definition) is 0. The monoisotopic (exact) mass is 178 g/mol. The molecule has 0 radical (unpaired) electrons. The Kier molecular flexibility index (Phi) is 2.76. The lowest BCUT2D eigenvalue weighted by molar-refractivity contribution is 0.198. The molecule has 0 amide bonds. The van der Waals surface area contributed by atoms with Gasteiger partial charge in [0.05, 0.1) is 0 Å². The lowest BCUT2D eigenvalue weighted by Gasteiger charge is -2.37. The molecule has 2 unspecified atom stereocenters. The third-order valence-corrected chi connectivity index (χ3v) is 4.10. The van der Waals surface area contributed by atoms with Gasteiger partial charge in [-0.15, -0.1) is 0 Å². The molecule has 0 aromatic heterocycles. The lowest BCUT2D eigenvalue weighted by atomic mass is 9.69. The predicted octanol–water partition coefficient (Wildman–Crippen LogP) is 4.31. The van der Waals surface area contributed by atoms with Crippen molar-refractivity contribution in [2.24, 2.45) is 11.8 Å². The largest absolute Gasteiger partial charge is 0.0772 e. The maximum Gasteiger partial charge on any atom is -0.0287 e. The van der Waals surface area contributed by atoms with Crippen LogP contribution in [0.1, 0.15) is 58.8 Å². The first-order valence-electron chi connectivity index (χ1n) is 5.92. The molecule has 0 aromatic carbocycles. The number of hydrogen-bond acceptors (Lipinski definition) is 0. The molecule has 0 saturated heterocycles. The van der Waals surface area contributed by atoms with Gasteiger partial charge in [-0.25, -0.2) is 0 Å². The number of allylic oxidation sites excluding steroid dienone is 2. The zero-order valence-corrected chi connectivity index (χ0v) is 9.10. The van der Waals surface area contributed by atoms with Crippen LogP contribution < -0.4 is 0 Å². The zero-order valence-electron chi connectivity index (χ0n) is 9.10. The van der Waals surface area contributed by atoms with Crippen LogP contribution in [0.15, 0.2) is 11.1 Å². The minimum atomic E-state index is 1.06. The van der Waals surface area contributed by atoms with Crippen molar-refractivity contribution in [1.82, 2.24) is 0 Å². The molecule has 13 heavy (non-hydrogen) atoms. The first-order valence-corrected chi connectivity index (χ1v) is 5.92. The molecule has 2 aliphatic carbocycles. The van der Waals surface area contributed by atoms with Crippen molar-refractivity contribution in [2.75, 3.05) is 0 Å². The summed E-state index contributed by atoms with van der Waals surface area (Å²) < 4.78 is 0. The third kappa shape index (κ3) is 1.98. The van der Waals surface area contributed by atoms with Gasteiger partial charge in [0.25, 0.3) is 0 Å². The molecule has 0 bridgehead atoms. The van der Waals surface area contributed by atoms with Gasteiger partial charge < -0.3 is 0 Å². The molecule has 0 nitrogen and oxygen atoms in total. The summed E-state index contributed by atoms with van der Waals surface area (Å²) in [5, 5.41) is 0. The highest BCUT2D eigenvalue weighted by atomic mass is 14.3. The highest BCUT2D eigenvalue weighted by Gasteiger charge is 2.29. The van der Waals surface area contributed by atoms with E-state index in [0.717, 1.165) is 11.8 Å². The fraction of sp³-hybridized carbons (Fsp3) is 0.846. The Morgan fingerprint density at radius 2 is 1.69 bits per heavy atom. The van der Waals surface area contributed by atoms with Crippen LogP contribution >= 0.6 is 0 Å². The Hall–Kier alpha value is -0.260. The summed E-state index contributed by atoms with van der Waals surface area (Å²) in [7, 11) is 0. The second-order valence-corrected chi connectivity index (χ2v) is 5.15. The van der Waals surface area contributed by atoms with Gasteiger partial charge >= 0.3 is 0 Å². The molecule has 0 heteroatoms. The molecule has 2 fully saturated rings. The quantitative estimate of drug-likeness (QED) is 0.485. The van der Waals surface area contributed by atoms with Crippen molar-refractivity contribution >= 4 is 0 Å². The average Bonchev–Trinajstić information content (AvgIpc) is 2.17. The molecule has 0 N–H and O–H groups in total. The van der Waals surface area contributed by atoms with E-state index in [1.165, 1.54) is 44.9 Å². The van der Waals surface area contributed by atoms with E-state index in [2.05, 4.69) is 13.8 Å². The van der Waals surface area contributed by atoms with Crippen molar-refractivity contribution < 1.29 is 0 Å². The maximum atomic E-state index is 2.29. The lowest BCUT2D eigenvalue weighted by Crippen LogP contribution is -2.24. The van der Waals surface area contributed by atoms with E-state index in [0.29, 0.717) is 0 Å². The minimum Gasteiger partial charge on any atom is -0.0772 e. The van der Waals surface area contributed by atoms with Crippen LogP contribution in [-0.4, -0.2) is 0 Å². The summed E-state index contributed by atoms with van der Waals surface area (Å²) in [6, 6.07) is 0. The van der Waals surface area contributed by atoms with Crippen LogP contribution in [0.25, 0.3) is 0 Å². The summed E-state index contributed by atoms with van der Waals surface area (Å²) in [5.41, 5.74) is 3.38. The van der Waals surface area contributed by atoms with Gasteiger partial charge in [-0.1, -0.05) is 30.4 Å². The van der Waals surface area contributed by atoms with Gasteiger partial charge in [-0.05, 0) is 51.4 Å².